The number of fused-ring (bicyclic) bond motifs is 1. The van der Waals surface area contributed by atoms with Gasteiger partial charge in [-0.15, -0.1) is 0 Å². The van der Waals surface area contributed by atoms with Crippen LogP contribution in [0.4, 0.5) is 5.69 Å². The predicted molar refractivity (Wildman–Crippen MR) is 64.2 cm³/mol. The summed E-state index contributed by atoms with van der Waals surface area (Å²) in [5, 5.41) is 2.26. The molecule has 0 heterocycles. The van der Waals surface area contributed by atoms with E-state index in [4.69, 9.17) is 11.5 Å². The molecule has 0 radical (unpaired) electrons. The average Bonchev–Trinajstić information content (AvgIpc) is 2.17. The maximum atomic E-state index is 5.39. The Balaban J connectivity index is 2.80. The second-order valence-corrected chi connectivity index (χ2v) is 3.49. The van der Waals surface area contributed by atoms with Gasteiger partial charge in [0, 0.05) is 5.39 Å². The minimum atomic E-state index is 0.0887. The molecule has 0 atom stereocenters. The van der Waals surface area contributed by atoms with Crippen molar-refractivity contribution in [2.75, 3.05) is 0 Å². The van der Waals surface area contributed by atoms with Crippen LogP contribution in [0.5, 0.6) is 0 Å². The first kappa shape index (κ1) is 9.52. The van der Waals surface area contributed by atoms with Crippen LogP contribution in [0, 0.1) is 6.92 Å². The van der Waals surface area contributed by atoms with E-state index in [1.54, 1.807) is 0 Å². The van der Waals surface area contributed by atoms with Crippen molar-refractivity contribution in [2.45, 2.75) is 6.92 Å². The molecule has 2 aromatic rings. The summed E-state index contributed by atoms with van der Waals surface area (Å²) < 4.78 is 0. The zero-order valence-electron chi connectivity index (χ0n) is 8.57. The van der Waals surface area contributed by atoms with E-state index in [0.29, 0.717) is 0 Å². The summed E-state index contributed by atoms with van der Waals surface area (Å²) in [6.07, 6.45) is 0. The number of nitrogens with two attached hydrogens (primary N) is 2. The predicted octanol–water partition coefficient (Wildman–Crippen LogP) is 2.05. The Hall–Kier alpha value is -2.03. The maximum Gasteiger partial charge on any atom is 0.191 e. The van der Waals surface area contributed by atoms with Gasteiger partial charge in [0.15, 0.2) is 5.96 Å². The molecule has 0 aliphatic heterocycles. The highest BCUT2D eigenvalue weighted by molar-refractivity contribution is 5.97. The largest absolute Gasteiger partial charge is 0.370 e. The van der Waals surface area contributed by atoms with Crippen molar-refractivity contribution in [1.82, 2.24) is 0 Å². The van der Waals surface area contributed by atoms with Gasteiger partial charge in [-0.3, -0.25) is 0 Å². The Labute approximate surface area is 88.4 Å². The van der Waals surface area contributed by atoms with Crippen molar-refractivity contribution in [3.8, 4) is 0 Å². The molecule has 3 heteroatoms. The molecular formula is C12H13N3. The summed E-state index contributed by atoms with van der Waals surface area (Å²) in [6, 6.07) is 12.0. The molecule has 0 bridgehead atoms. The highest BCUT2D eigenvalue weighted by Crippen LogP contribution is 2.28. The molecule has 0 fully saturated rings. The number of guanidine groups is 1. The van der Waals surface area contributed by atoms with Gasteiger partial charge in [0.1, 0.15) is 0 Å². The van der Waals surface area contributed by atoms with Crippen molar-refractivity contribution in [2.24, 2.45) is 16.5 Å². The summed E-state index contributed by atoms with van der Waals surface area (Å²) in [4.78, 5) is 4.12. The normalized spacial score (nSPS) is 10.2. The van der Waals surface area contributed by atoms with E-state index in [0.717, 1.165) is 16.5 Å². The summed E-state index contributed by atoms with van der Waals surface area (Å²) in [6.45, 7) is 2.05. The summed E-state index contributed by atoms with van der Waals surface area (Å²) in [5.74, 6) is 0.0887. The van der Waals surface area contributed by atoms with E-state index in [1.807, 2.05) is 43.3 Å². The second-order valence-electron chi connectivity index (χ2n) is 3.49. The van der Waals surface area contributed by atoms with Gasteiger partial charge in [-0.25, -0.2) is 4.99 Å². The van der Waals surface area contributed by atoms with Gasteiger partial charge < -0.3 is 11.5 Å². The van der Waals surface area contributed by atoms with Crippen molar-refractivity contribution in [3.05, 3.63) is 42.0 Å². The molecule has 3 nitrogen and oxygen atoms in total. The van der Waals surface area contributed by atoms with E-state index in [2.05, 4.69) is 4.99 Å². The lowest BCUT2D eigenvalue weighted by atomic mass is 10.0. The Morgan fingerprint density at radius 2 is 1.73 bits per heavy atom. The van der Waals surface area contributed by atoms with Crippen LogP contribution in [0.2, 0.25) is 0 Å². The van der Waals surface area contributed by atoms with Gasteiger partial charge in [-0.1, -0.05) is 30.3 Å². The fourth-order valence-corrected chi connectivity index (χ4v) is 1.74. The highest BCUT2D eigenvalue weighted by Gasteiger charge is 2.01. The molecule has 0 amide bonds. The Bertz CT molecular complexity index is 520. The Morgan fingerprint density at radius 1 is 1.07 bits per heavy atom. The van der Waals surface area contributed by atoms with E-state index < -0.39 is 0 Å². The first-order valence-corrected chi connectivity index (χ1v) is 4.76. The van der Waals surface area contributed by atoms with Crippen molar-refractivity contribution >= 4 is 22.4 Å². The minimum Gasteiger partial charge on any atom is -0.370 e. The Morgan fingerprint density at radius 3 is 2.40 bits per heavy atom. The molecular weight excluding hydrogens is 186 g/mol. The van der Waals surface area contributed by atoms with Crippen LogP contribution >= 0.6 is 0 Å². The van der Waals surface area contributed by atoms with Gasteiger partial charge in [0.05, 0.1) is 5.69 Å². The van der Waals surface area contributed by atoms with Crippen molar-refractivity contribution < 1.29 is 0 Å². The number of hydrogen-bond donors (Lipinski definition) is 2. The third-order valence-corrected chi connectivity index (χ3v) is 2.34. The standard InChI is InChI=1S/C12H13N3/c1-8-4-2-5-9-6-3-7-10(11(8)9)15-12(13)14/h2-7H,1H3,(H4,13,14,15). The molecule has 2 aromatic carbocycles. The number of nitrogens with zero attached hydrogens (tertiary/aromatic N) is 1. The molecule has 0 aromatic heterocycles. The van der Waals surface area contributed by atoms with Crippen LogP contribution in [0.15, 0.2) is 41.4 Å². The van der Waals surface area contributed by atoms with E-state index in [9.17, 15) is 0 Å². The molecule has 15 heavy (non-hydrogen) atoms. The summed E-state index contributed by atoms with van der Waals surface area (Å²) >= 11 is 0. The van der Waals surface area contributed by atoms with E-state index in [-0.39, 0.29) is 5.96 Å². The average molecular weight is 199 g/mol. The van der Waals surface area contributed by atoms with E-state index >= 15 is 0 Å². The number of aryl methyl sites for hydroxylation is 1. The minimum absolute atomic E-state index is 0.0887. The first-order chi connectivity index (χ1) is 7.18. The molecule has 0 saturated carbocycles. The zero-order chi connectivity index (χ0) is 10.8. The smallest absolute Gasteiger partial charge is 0.191 e. The van der Waals surface area contributed by atoms with Crippen molar-refractivity contribution in [1.29, 1.82) is 0 Å². The Kier molecular flexibility index (Phi) is 2.29. The quantitative estimate of drug-likeness (QED) is 0.545. The fourth-order valence-electron chi connectivity index (χ4n) is 1.74. The number of aliphatic imine (C=N–C) groups is 1. The van der Waals surface area contributed by atoms with Crippen molar-refractivity contribution in [3.63, 3.8) is 0 Å². The molecule has 0 aliphatic rings. The van der Waals surface area contributed by atoms with Gasteiger partial charge in [0.2, 0.25) is 0 Å². The molecule has 76 valence electrons. The molecule has 2 rings (SSSR count). The van der Waals surface area contributed by atoms with Crippen LogP contribution in [-0.4, -0.2) is 5.96 Å². The fraction of sp³-hybridized carbons (Fsp3) is 0.0833. The number of benzene rings is 2. The van der Waals surface area contributed by atoms with Gasteiger partial charge >= 0.3 is 0 Å². The lowest BCUT2D eigenvalue weighted by molar-refractivity contribution is 1.43. The van der Waals surface area contributed by atoms with Crippen LogP contribution in [-0.2, 0) is 0 Å². The lowest BCUT2D eigenvalue weighted by Gasteiger charge is -2.05. The third kappa shape index (κ3) is 1.76. The molecule has 0 aliphatic carbocycles. The molecule has 0 unspecified atom stereocenters. The maximum absolute atomic E-state index is 5.39. The summed E-state index contributed by atoms with van der Waals surface area (Å²) in [5.41, 5.74) is 12.8. The topological polar surface area (TPSA) is 64.4 Å². The first-order valence-electron chi connectivity index (χ1n) is 4.76. The van der Waals surface area contributed by atoms with Gasteiger partial charge in [0.25, 0.3) is 0 Å². The van der Waals surface area contributed by atoms with E-state index in [1.165, 1.54) is 5.56 Å². The highest BCUT2D eigenvalue weighted by atomic mass is 15.0. The van der Waals surface area contributed by atoms with Crippen LogP contribution in [0.25, 0.3) is 10.8 Å². The lowest BCUT2D eigenvalue weighted by Crippen LogP contribution is -2.21. The summed E-state index contributed by atoms with van der Waals surface area (Å²) in [7, 11) is 0. The van der Waals surface area contributed by atoms with Gasteiger partial charge in [-0.05, 0) is 23.9 Å². The second kappa shape index (κ2) is 3.61. The van der Waals surface area contributed by atoms with Crippen LogP contribution in [0.1, 0.15) is 5.56 Å². The monoisotopic (exact) mass is 199 g/mol. The number of hydrogen-bond acceptors (Lipinski definition) is 1. The SMILES string of the molecule is Cc1cccc2cccc(N=C(N)N)c12. The number of rotatable bonds is 1. The molecule has 0 spiro atoms. The van der Waals surface area contributed by atoms with Crippen LogP contribution in [0.3, 0.4) is 0 Å². The zero-order valence-corrected chi connectivity index (χ0v) is 8.57. The van der Waals surface area contributed by atoms with Crippen LogP contribution < -0.4 is 11.5 Å². The molecule has 0 saturated heterocycles. The van der Waals surface area contributed by atoms with Gasteiger partial charge in [-0.2, -0.15) is 0 Å². The molecule has 4 N–H and O–H groups in total. The third-order valence-electron chi connectivity index (χ3n) is 2.34.